The van der Waals surface area contributed by atoms with Crippen LogP contribution in [0.4, 0.5) is 0 Å². The summed E-state index contributed by atoms with van der Waals surface area (Å²) in [6.45, 7) is 11.0. The van der Waals surface area contributed by atoms with Gasteiger partial charge in [0.15, 0.2) is 0 Å². The lowest BCUT2D eigenvalue weighted by Gasteiger charge is -2.32. The molecule has 0 bridgehead atoms. The predicted octanol–water partition coefficient (Wildman–Crippen LogP) is 4.44. The highest BCUT2D eigenvalue weighted by atomic mass is 16.7. The SMILES string of the molecule is CC1CCCC(B2OC(C)(C)C(C)(C)O2)CCC1. The zero-order chi connectivity index (χ0) is 13.4. The minimum Gasteiger partial charge on any atom is -0.403 e. The van der Waals surface area contributed by atoms with Crippen molar-refractivity contribution in [1.29, 1.82) is 0 Å². The summed E-state index contributed by atoms with van der Waals surface area (Å²) in [5.41, 5.74) is -0.347. The molecule has 18 heavy (non-hydrogen) atoms. The summed E-state index contributed by atoms with van der Waals surface area (Å²) in [5, 5.41) is 0. The summed E-state index contributed by atoms with van der Waals surface area (Å²) in [6.07, 6.45) is 7.93. The Morgan fingerprint density at radius 1 is 0.833 bits per heavy atom. The molecule has 1 aliphatic heterocycles. The highest BCUT2D eigenvalue weighted by Crippen LogP contribution is 2.43. The monoisotopic (exact) mass is 252 g/mol. The van der Waals surface area contributed by atoms with Crippen LogP contribution < -0.4 is 0 Å². The lowest BCUT2D eigenvalue weighted by molar-refractivity contribution is 0.00578. The molecule has 2 aliphatic rings. The van der Waals surface area contributed by atoms with Crippen molar-refractivity contribution in [2.45, 2.75) is 90.2 Å². The first-order chi connectivity index (χ1) is 8.32. The zero-order valence-corrected chi connectivity index (χ0v) is 12.8. The van der Waals surface area contributed by atoms with E-state index < -0.39 is 0 Å². The van der Waals surface area contributed by atoms with Gasteiger partial charge < -0.3 is 9.31 Å². The maximum Gasteiger partial charge on any atom is 0.461 e. The molecule has 0 aromatic heterocycles. The highest BCUT2D eigenvalue weighted by Gasteiger charge is 2.53. The van der Waals surface area contributed by atoms with Crippen molar-refractivity contribution in [3.63, 3.8) is 0 Å². The van der Waals surface area contributed by atoms with Crippen molar-refractivity contribution in [3.8, 4) is 0 Å². The molecule has 2 rings (SSSR count). The molecule has 1 saturated carbocycles. The molecular weight excluding hydrogens is 223 g/mol. The van der Waals surface area contributed by atoms with Gasteiger partial charge in [-0.3, -0.25) is 0 Å². The molecule has 0 N–H and O–H groups in total. The third kappa shape index (κ3) is 2.93. The Bertz CT molecular complexity index is 262. The fourth-order valence-corrected chi connectivity index (χ4v) is 3.10. The second kappa shape index (κ2) is 5.17. The van der Waals surface area contributed by atoms with Crippen molar-refractivity contribution in [1.82, 2.24) is 0 Å². The van der Waals surface area contributed by atoms with Crippen molar-refractivity contribution >= 4 is 7.12 Å². The standard InChI is InChI=1S/C15H29BO2/c1-12-8-6-10-13(11-7-9-12)16-17-14(2,3)15(4,5)18-16/h12-13H,6-11H2,1-5H3. The first-order valence-electron chi connectivity index (χ1n) is 7.67. The van der Waals surface area contributed by atoms with E-state index in [0.717, 1.165) is 5.92 Å². The van der Waals surface area contributed by atoms with Crippen molar-refractivity contribution in [2.75, 3.05) is 0 Å². The molecule has 0 spiro atoms. The van der Waals surface area contributed by atoms with Gasteiger partial charge >= 0.3 is 7.12 Å². The van der Waals surface area contributed by atoms with Crippen LogP contribution in [0.25, 0.3) is 0 Å². The summed E-state index contributed by atoms with van der Waals surface area (Å²) < 4.78 is 12.4. The van der Waals surface area contributed by atoms with E-state index in [-0.39, 0.29) is 18.3 Å². The molecule has 104 valence electrons. The first kappa shape index (κ1) is 14.4. The maximum absolute atomic E-state index is 6.20. The fraction of sp³-hybridized carbons (Fsp3) is 1.00. The molecule has 0 aromatic carbocycles. The molecule has 2 fully saturated rings. The number of rotatable bonds is 1. The van der Waals surface area contributed by atoms with E-state index in [1.165, 1.54) is 38.5 Å². The lowest BCUT2D eigenvalue weighted by Crippen LogP contribution is -2.41. The molecule has 0 atom stereocenters. The Labute approximate surface area is 113 Å². The van der Waals surface area contributed by atoms with E-state index in [1.807, 2.05) is 0 Å². The normalized spacial score (nSPS) is 36.2. The summed E-state index contributed by atoms with van der Waals surface area (Å²) >= 11 is 0. The van der Waals surface area contributed by atoms with Gasteiger partial charge in [0.1, 0.15) is 0 Å². The van der Waals surface area contributed by atoms with Gasteiger partial charge in [-0.1, -0.05) is 45.4 Å². The van der Waals surface area contributed by atoms with Gasteiger partial charge in [0.25, 0.3) is 0 Å². The molecule has 1 aliphatic carbocycles. The third-order valence-electron chi connectivity index (χ3n) is 5.20. The van der Waals surface area contributed by atoms with E-state index >= 15 is 0 Å². The largest absolute Gasteiger partial charge is 0.461 e. The minimum atomic E-state index is -0.173. The van der Waals surface area contributed by atoms with E-state index in [4.69, 9.17) is 9.31 Å². The van der Waals surface area contributed by atoms with Gasteiger partial charge in [0.2, 0.25) is 0 Å². The number of hydrogen-bond acceptors (Lipinski definition) is 2. The van der Waals surface area contributed by atoms with Gasteiger partial charge in [-0.2, -0.15) is 0 Å². The lowest BCUT2D eigenvalue weighted by atomic mass is 9.65. The van der Waals surface area contributed by atoms with E-state index in [2.05, 4.69) is 34.6 Å². The van der Waals surface area contributed by atoms with Crippen molar-refractivity contribution in [3.05, 3.63) is 0 Å². The van der Waals surface area contributed by atoms with Gasteiger partial charge in [-0.15, -0.1) is 0 Å². The van der Waals surface area contributed by atoms with Gasteiger partial charge in [-0.05, 0) is 39.4 Å². The van der Waals surface area contributed by atoms with Crippen LogP contribution in [0.3, 0.4) is 0 Å². The van der Waals surface area contributed by atoms with E-state index in [0.29, 0.717) is 5.82 Å². The smallest absolute Gasteiger partial charge is 0.403 e. The fourth-order valence-electron chi connectivity index (χ4n) is 3.10. The summed E-state index contributed by atoms with van der Waals surface area (Å²) in [4.78, 5) is 0. The van der Waals surface area contributed by atoms with Crippen LogP contribution in [0, 0.1) is 5.92 Å². The summed E-state index contributed by atoms with van der Waals surface area (Å²) in [5.74, 6) is 1.50. The number of hydrogen-bond donors (Lipinski definition) is 0. The average Bonchev–Trinajstić information content (AvgIpc) is 2.41. The van der Waals surface area contributed by atoms with E-state index in [1.54, 1.807) is 0 Å². The summed E-state index contributed by atoms with van der Waals surface area (Å²) in [6, 6.07) is 0. The van der Waals surface area contributed by atoms with Crippen LogP contribution >= 0.6 is 0 Å². The van der Waals surface area contributed by atoms with Crippen molar-refractivity contribution < 1.29 is 9.31 Å². The van der Waals surface area contributed by atoms with Crippen LogP contribution in [0.1, 0.15) is 73.1 Å². The summed E-state index contributed by atoms with van der Waals surface area (Å²) in [7, 11) is 0.0170. The molecular formula is C15H29BO2. The molecule has 0 aromatic rings. The second-order valence-electron chi connectivity index (χ2n) is 7.35. The molecule has 1 saturated heterocycles. The molecule has 0 amide bonds. The second-order valence-corrected chi connectivity index (χ2v) is 7.35. The molecule has 0 unspecified atom stereocenters. The predicted molar refractivity (Wildman–Crippen MR) is 76.7 cm³/mol. The Morgan fingerprint density at radius 3 is 1.72 bits per heavy atom. The van der Waals surface area contributed by atoms with Gasteiger partial charge in [-0.25, -0.2) is 0 Å². The Kier molecular flexibility index (Phi) is 4.13. The van der Waals surface area contributed by atoms with Crippen LogP contribution in [0.5, 0.6) is 0 Å². The first-order valence-corrected chi connectivity index (χ1v) is 7.67. The van der Waals surface area contributed by atoms with Crippen LogP contribution in [0.15, 0.2) is 0 Å². The average molecular weight is 252 g/mol. The van der Waals surface area contributed by atoms with E-state index in [9.17, 15) is 0 Å². The maximum atomic E-state index is 6.20. The molecule has 1 heterocycles. The zero-order valence-electron chi connectivity index (χ0n) is 12.8. The molecule has 3 heteroatoms. The van der Waals surface area contributed by atoms with Crippen LogP contribution in [0.2, 0.25) is 5.82 Å². The minimum absolute atomic E-state index is 0.0170. The Morgan fingerprint density at radius 2 is 1.28 bits per heavy atom. The Balaban J connectivity index is 1.96. The molecule has 0 radical (unpaired) electrons. The van der Waals surface area contributed by atoms with Crippen molar-refractivity contribution in [2.24, 2.45) is 5.92 Å². The Hall–Kier alpha value is -0.0151. The molecule has 2 nitrogen and oxygen atoms in total. The van der Waals surface area contributed by atoms with Crippen LogP contribution in [-0.2, 0) is 9.31 Å². The highest BCUT2D eigenvalue weighted by molar-refractivity contribution is 6.47. The quantitative estimate of drug-likeness (QED) is 0.642. The van der Waals surface area contributed by atoms with Crippen LogP contribution in [-0.4, -0.2) is 18.3 Å². The third-order valence-corrected chi connectivity index (χ3v) is 5.20. The van der Waals surface area contributed by atoms with Gasteiger partial charge in [0.05, 0.1) is 11.2 Å². The van der Waals surface area contributed by atoms with Gasteiger partial charge in [0, 0.05) is 0 Å². The topological polar surface area (TPSA) is 18.5 Å².